The van der Waals surface area contributed by atoms with Crippen molar-refractivity contribution in [3.63, 3.8) is 0 Å². The molecule has 1 aromatic carbocycles. The first-order valence-electron chi connectivity index (χ1n) is 9.09. The first-order chi connectivity index (χ1) is 13.0. The van der Waals surface area contributed by atoms with E-state index >= 15 is 0 Å². The van der Waals surface area contributed by atoms with E-state index in [-0.39, 0.29) is 37.3 Å². The van der Waals surface area contributed by atoms with E-state index < -0.39 is 11.9 Å². The van der Waals surface area contributed by atoms with Crippen LogP contribution in [0.1, 0.15) is 30.4 Å². The molecule has 1 saturated heterocycles. The predicted molar refractivity (Wildman–Crippen MR) is 109 cm³/mol. The van der Waals surface area contributed by atoms with Gasteiger partial charge in [0.15, 0.2) is 0 Å². The number of aliphatic hydroxyl groups excluding tert-OH is 1. The Morgan fingerprint density at radius 1 is 1.18 bits per heavy atom. The zero-order chi connectivity index (χ0) is 19.6. The summed E-state index contributed by atoms with van der Waals surface area (Å²) in [5.41, 5.74) is 9.69. The number of hydrazine groups is 1. The molecule has 1 aliphatic heterocycles. The normalized spacial score (nSPS) is 15.2. The Morgan fingerprint density at radius 2 is 1.82 bits per heavy atom. The molecule has 9 nitrogen and oxygen atoms in total. The second kappa shape index (κ2) is 12.3. The van der Waals surface area contributed by atoms with Gasteiger partial charge in [0.2, 0.25) is 5.91 Å². The van der Waals surface area contributed by atoms with Crippen molar-refractivity contribution in [2.75, 3.05) is 26.2 Å². The van der Waals surface area contributed by atoms with Gasteiger partial charge in [0, 0.05) is 25.2 Å². The van der Waals surface area contributed by atoms with E-state index in [1.807, 2.05) is 5.01 Å². The summed E-state index contributed by atoms with van der Waals surface area (Å²) in [5, 5.41) is 24.2. The van der Waals surface area contributed by atoms with Gasteiger partial charge < -0.3 is 16.2 Å². The second-order valence-corrected chi connectivity index (χ2v) is 6.53. The van der Waals surface area contributed by atoms with Gasteiger partial charge in [0.1, 0.15) is 11.9 Å². The molecule has 1 aliphatic rings. The number of halogens is 1. The van der Waals surface area contributed by atoms with Crippen molar-refractivity contribution in [1.82, 2.24) is 21.1 Å². The fraction of sp³-hybridized carbons (Fsp3) is 0.500. The summed E-state index contributed by atoms with van der Waals surface area (Å²) >= 11 is 0. The minimum absolute atomic E-state index is 0. The van der Waals surface area contributed by atoms with Crippen molar-refractivity contribution in [2.24, 2.45) is 5.73 Å². The molecule has 7 N–H and O–H groups in total. The fourth-order valence-corrected chi connectivity index (χ4v) is 2.80. The Labute approximate surface area is 170 Å². The van der Waals surface area contributed by atoms with Crippen LogP contribution in [0, 0.1) is 5.41 Å². The van der Waals surface area contributed by atoms with Crippen LogP contribution in [-0.2, 0) is 16.1 Å². The third-order valence-corrected chi connectivity index (χ3v) is 4.38. The average Bonchev–Trinajstić information content (AvgIpc) is 2.68. The van der Waals surface area contributed by atoms with Crippen LogP contribution in [0.4, 0.5) is 0 Å². The van der Waals surface area contributed by atoms with Gasteiger partial charge in [-0.15, -0.1) is 12.4 Å². The molecule has 10 heteroatoms. The number of hydrogen-bond donors (Lipinski definition) is 6. The predicted octanol–water partition coefficient (Wildman–Crippen LogP) is -0.524. The number of nitrogens with one attached hydrogen (secondary N) is 4. The van der Waals surface area contributed by atoms with Gasteiger partial charge in [-0.05, 0) is 18.4 Å². The highest BCUT2D eigenvalue weighted by Gasteiger charge is 2.18. The molecule has 0 saturated carbocycles. The van der Waals surface area contributed by atoms with Crippen LogP contribution in [0.3, 0.4) is 0 Å². The first kappa shape index (κ1) is 23.8. The molecule has 28 heavy (non-hydrogen) atoms. The summed E-state index contributed by atoms with van der Waals surface area (Å²) in [4.78, 5) is 24.1. The van der Waals surface area contributed by atoms with Gasteiger partial charge in [-0.3, -0.25) is 25.7 Å². The number of rotatable bonds is 9. The summed E-state index contributed by atoms with van der Waals surface area (Å²) in [7, 11) is 0. The average molecular weight is 413 g/mol. The number of carbonyl (C=O) groups is 2. The molecule has 1 fully saturated rings. The van der Waals surface area contributed by atoms with E-state index in [0.29, 0.717) is 12.1 Å². The molecular formula is C18H29ClN6O3. The highest BCUT2D eigenvalue weighted by molar-refractivity contribution is 5.94. The lowest BCUT2D eigenvalue weighted by atomic mass is 10.1. The number of amides is 2. The van der Waals surface area contributed by atoms with Crippen LogP contribution in [0.5, 0.6) is 0 Å². The smallest absolute Gasteiger partial charge is 0.253 e. The zero-order valence-corrected chi connectivity index (χ0v) is 16.6. The molecule has 156 valence electrons. The third kappa shape index (κ3) is 7.81. The summed E-state index contributed by atoms with van der Waals surface area (Å²) in [6.07, 6.45) is 3.28. The first-order valence-corrected chi connectivity index (χ1v) is 9.09. The van der Waals surface area contributed by atoms with Crippen molar-refractivity contribution in [2.45, 2.75) is 31.8 Å². The Kier molecular flexibility index (Phi) is 10.5. The van der Waals surface area contributed by atoms with Crippen LogP contribution in [-0.4, -0.2) is 60.0 Å². The minimum atomic E-state index is -0.819. The number of piperidine rings is 1. The number of hydrogen-bond acceptors (Lipinski definition) is 6. The number of carbonyl (C=O) groups excluding carboxylic acids is 2. The highest BCUT2D eigenvalue weighted by Crippen LogP contribution is 2.06. The Hall–Kier alpha value is -2.20. The molecule has 1 unspecified atom stereocenters. The largest absolute Gasteiger partial charge is 0.394 e. The van der Waals surface area contributed by atoms with Crippen molar-refractivity contribution in [3.05, 3.63) is 35.4 Å². The van der Waals surface area contributed by atoms with Crippen molar-refractivity contribution in [3.8, 4) is 0 Å². The molecule has 0 aromatic heterocycles. The molecule has 2 amide bonds. The van der Waals surface area contributed by atoms with Crippen LogP contribution < -0.4 is 21.8 Å². The van der Waals surface area contributed by atoms with E-state index in [2.05, 4.69) is 16.1 Å². The lowest BCUT2D eigenvalue weighted by Crippen LogP contribution is -2.52. The van der Waals surface area contributed by atoms with E-state index in [0.717, 1.165) is 31.5 Å². The Morgan fingerprint density at radius 3 is 2.39 bits per heavy atom. The van der Waals surface area contributed by atoms with E-state index in [1.54, 1.807) is 24.3 Å². The number of nitrogens with zero attached hydrogens (tertiary/aromatic N) is 1. The molecule has 2 rings (SSSR count). The summed E-state index contributed by atoms with van der Waals surface area (Å²) in [5.74, 6) is -0.724. The van der Waals surface area contributed by atoms with Gasteiger partial charge in [-0.25, -0.2) is 5.01 Å². The standard InChI is InChI=1S/C18H28N6O3.ClH/c19-17(20)14-6-4-13(5-7-14)10-21-15(12-25)18(27)22-11-16(26)23-24-8-2-1-3-9-24;/h4-7,15,21,25H,1-3,8-12H2,(H3,19,20)(H,22,27)(H,23,26);1H. The maximum atomic E-state index is 12.2. The van der Waals surface area contributed by atoms with E-state index in [1.165, 1.54) is 6.42 Å². The number of amidine groups is 1. The van der Waals surface area contributed by atoms with E-state index in [4.69, 9.17) is 11.1 Å². The number of benzene rings is 1. The van der Waals surface area contributed by atoms with Gasteiger partial charge in [0.25, 0.3) is 5.91 Å². The summed E-state index contributed by atoms with van der Waals surface area (Å²) in [6.45, 7) is 1.48. The summed E-state index contributed by atoms with van der Waals surface area (Å²) < 4.78 is 0. The maximum Gasteiger partial charge on any atom is 0.253 e. The number of nitrogens with two attached hydrogens (primary N) is 1. The van der Waals surface area contributed by atoms with Gasteiger partial charge in [0.05, 0.1) is 13.2 Å². The molecule has 0 spiro atoms. The zero-order valence-electron chi connectivity index (χ0n) is 15.7. The second-order valence-electron chi connectivity index (χ2n) is 6.53. The van der Waals surface area contributed by atoms with Crippen LogP contribution in [0.25, 0.3) is 0 Å². The van der Waals surface area contributed by atoms with Crippen molar-refractivity contribution in [1.29, 1.82) is 5.41 Å². The Bertz CT molecular complexity index is 649. The third-order valence-electron chi connectivity index (χ3n) is 4.38. The maximum absolute atomic E-state index is 12.2. The quantitative estimate of drug-likeness (QED) is 0.238. The lowest BCUT2D eigenvalue weighted by Gasteiger charge is -2.27. The highest BCUT2D eigenvalue weighted by atomic mass is 35.5. The van der Waals surface area contributed by atoms with Gasteiger partial charge in [-0.1, -0.05) is 30.7 Å². The lowest BCUT2D eigenvalue weighted by molar-refractivity contribution is -0.130. The minimum Gasteiger partial charge on any atom is -0.394 e. The molecule has 0 aliphatic carbocycles. The van der Waals surface area contributed by atoms with Crippen LogP contribution in [0.15, 0.2) is 24.3 Å². The number of nitrogen functional groups attached to an aromatic ring is 1. The monoisotopic (exact) mass is 412 g/mol. The topological polar surface area (TPSA) is 144 Å². The van der Waals surface area contributed by atoms with Crippen molar-refractivity contribution < 1.29 is 14.7 Å². The molecule has 1 atom stereocenters. The number of aliphatic hydroxyl groups is 1. The Balaban J connectivity index is 0.00000392. The van der Waals surface area contributed by atoms with Gasteiger partial charge >= 0.3 is 0 Å². The van der Waals surface area contributed by atoms with Gasteiger partial charge in [-0.2, -0.15) is 0 Å². The molecule has 1 aromatic rings. The molecule has 1 heterocycles. The van der Waals surface area contributed by atoms with Crippen LogP contribution >= 0.6 is 12.4 Å². The molecule has 0 bridgehead atoms. The molecular weight excluding hydrogens is 384 g/mol. The SMILES string of the molecule is Cl.N=C(N)c1ccc(CNC(CO)C(=O)NCC(=O)NN2CCCCC2)cc1. The van der Waals surface area contributed by atoms with E-state index in [9.17, 15) is 14.7 Å². The summed E-state index contributed by atoms with van der Waals surface area (Å²) in [6, 6.07) is 6.21. The van der Waals surface area contributed by atoms with Crippen LogP contribution in [0.2, 0.25) is 0 Å². The van der Waals surface area contributed by atoms with Crippen molar-refractivity contribution >= 4 is 30.1 Å². The fourth-order valence-electron chi connectivity index (χ4n) is 2.80. The molecule has 0 radical (unpaired) electrons.